The van der Waals surface area contributed by atoms with Gasteiger partial charge in [-0.2, -0.15) is 10.1 Å². The summed E-state index contributed by atoms with van der Waals surface area (Å²) in [6.45, 7) is 6.08. The van der Waals surface area contributed by atoms with Crippen LogP contribution in [0.15, 0.2) is 48.1 Å². The normalized spacial score (nSPS) is 11.8. The second-order valence-electron chi connectivity index (χ2n) is 7.18. The van der Waals surface area contributed by atoms with Gasteiger partial charge < -0.3 is 16.8 Å². The fourth-order valence-corrected chi connectivity index (χ4v) is 2.54. The largest absolute Gasteiger partial charge is 0.387 e. The Labute approximate surface area is 192 Å². The zero-order valence-electron chi connectivity index (χ0n) is 19.2. The fourth-order valence-electron chi connectivity index (χ4n) is 2.54. The molecule has 11 nitrogen and oxygen atoms in total. The molecule has 0 saturated heterocycles. The Bertz CT molecular complexity index is 1090. The van der Waals surface area contributed by atoms with Crippen molar-refractivity contribution in [3.05, 3.63) is 54.2 Å². The van der Waals surface area contributed by atoms with Gasteiger partial charge in [-0.1, -0.05) is 33.3 Å². The Morgan fingerprint density at radius 3 is 2.36 bits per heavy atom. The molecule has 0 aliphatic carbocycles. The predicted molar refractivity (Wildman–Crippen MR) is 126 cm³/mol. The van der Waals surface area contributed by atoms with Crippen LogP contribution in [0.4, 0.5) is 5.95 Å². The highest BCUT2D eigenvalue weighted by molar-refractivity contribution is 6.04. The van der Waals surface area contributed by atoms with Crippen LogP contribution in [0.2, 0.25) is 0 Å². The molecule has 3 rings (SSSR count). The number of nitrogens with two attached hydrogens (primary N) is 2. The van der Waals surface area contributed by atoms with Gasteiger partial charge in [0, 0.05) is 43.3 Å². The lowest BCUT2D eigenvalue weighted by Crippen LogP contribution is -2.23. The second-order valence-corrected chi connectivity index (χ2v) is 7.18. The van der Waals surface area contributed by atoms with E-state index in [0.717, 1.165) is 11.1 Å². The summed E-state index contributed by atoms with van der Waals surface area (Å²) in [4.78, 5) is 40.0. The highest BCUT2D eigenvalue weighted by Crippen LogP contribution is 2.20. The number of aliphatic imine (C=N–C) groups is 1. The van der Waals surface area contributed by atoms with E-state index in [1.54, 1.807) is 24.7 Å². The minimum absolute atomic E-state index is 0.0104. The fraction of sp³-hybridized carbons (Fsp3) is 0.318. The number of nitrogens with zero attached hydrogens (tertiary/aromatic N) is 6. The van der Waals surface area contributed by atoms with Crippen LogP contribution in [0.5, 0.6) is 0 Å². The minimum Gasteiger partial charge on any atom is -0.387 e. The molecular weight excluding hydrogens is 422 g/mol. The van der Waals surface area contributed by atoms with Crippen LogP contribution in [-0.2, 0) is 11.3 Å². The molecule has 5 N–H and O–H groups in total. The van der Waals surface area contributed by atoms with E-state index in [0.29, 0.717) is 5.69 Å². The van der Waals surface area contributed by atoms with E-state index in [4.69, 9.17) is 11.5 Å². The van der Waals surface area contributed by atoms with Gasteiger partial charge >= 0.3 is 0 Å². The van der Waals surface area contributed by atoms with Crippen LogP contribution < -0.4 is 16.8 Å². The van der Waals surface area contributed by atoms with E-state index in [1.165, 1.54) is 30.5 Å². The lowest BCUT2D eigenvalue weighted by atomic mass is 10.0. The van der Waals surface area contributed by atoms with Gasteiger partial charge in [0.05, 0.1) is 17.5 Å². The Hall–Kier alpha value is -4.15. The summed E-state index contributed by atoms with van der Waals surface area (Å²) in [5, 5.41) is 6.46. The highest BCUT2D eigenvalue weighted by Gasteiger charge is 2.15. The Morgan fingerprint density at radius 2 is 1.79 bits per heavy atom. The van der Waals surface area contributed by atoms with Gasteiger partial charge in [-0.3, -0.25) is 19.3 Å². The summed E-state index contributed by atoms with van der Waals surface area (Å²) >= 11 is 0. The molecule has 3 aromatic heterocycles. The highest BCUT2D eigenvalue weighted by atomic mass is 16.2. The van der Waals surface area contributed by atoms with E-state index in [1.807, 2.05) is 13.0 Å². The van der Waals surface area contributed by atoms with E-state index in [-0.39, 0.29) is 35.7 Å². The number of aromatic nitrogens is 5. The molecule has 1 atom stereocenters. The van der Waals surface area contributed by atoms with Gasteiger partial charge in [-0.25, -0.2) is 9.97 Å². The summed E-state index contributed by atoms with van der Waals surface area (Å²) in [6.07, 6.45) is 8.88. The van der Waals surface area contributed by atoms with Crippen LogP contribution in [0.25, 0.3) is 11.3 Å². The van der Waals surface area contributed by atoms with Crippen molar-refractivity contribution in [3.63, 3.8) is 0 Å². The van der Waals surface area contributed by atoms with Gasteiger partial charge in [0.25, 0.3) is 5.91 Å². The number of carbonyl (C=O) groups is 2. The van der Waals surface area contributed by atoms with Crippen molar-refractivity contribution in [1.29, 1.82) is 0 Å². The van der Waals surface area contributed by atoms with Crippen LogP contribution >= 0.6 is 0 Å². The van der Waals surface area contributed by atoms with Gasteiger partial charge in [0.2, 0.25) is 11.9 Å². The van der Waals surface area contributed by atoms with Crippen LogP contribution in [0.3, 0.4) is 0 Å². The van der Waals surface area contributed by atoms with Gasteiger partial charge in [-0.05, 0) is 11.6 Å². The zero-order valence-corrected chi connectivity index (χ0v) is 19.2. The molecule has 0 spiro atoms. The van der Waals surface area contributed by atoms with E-state index >= 15 is 0 Å². The second kappa shape index (κ2) is 12.0. The minimum atomic E-state index is -0.536. The van der Waals surface area contributed by atoms with Crippen molar-refractivity contribution in [2.75, 3.05) is 12.8 Å². The topological polar surface area (TPSA) is 167 Å². The quantitative estimate of drug-likeness (QED) is 0.376. The molecule has 0 aliphatic heterocycles. The summed E-state index contributed by atoms with van der Waals surface area (Å²) in [5.41, 5.74) is 14.0. The summed E-state index contributed by atoms with van der Waals surface area (Å²) in [7, 11) is 1.52. The van der Waals surface area contributed by atoms with E-state index in [2.05, 4.69) is 44.2 Å². The lowest BCUT2D eigenvalue weighted by Gasteiger charge is -2.11. The predicted octanol–water partition coefficient (Wildman–Crippen LogP) is 1.78. The molecule has 0 aromatic carbocycles. The maximum Gasteiger partial charge on any atom is 0.281 e. The van der Waals surface area contributed by atoms with Crippen molar-refractivity contribution in [2.45, 2.75) is 39.7 Å². The zero-order chi connectivity index (χ0) is 24.4. The van der Waals surface area contributed by atoms with Crippen LogP contribution in [0, 0.1) is 0 Å². The molecule has 2 amide bonds. The van der Waals surface area contributed by atoms with E-state index in [9.17, 15) is 9.59 Å². The number of likely N-dealkylation sites (N-methyl/N-ethyl adjacent to an activating group) is 1. The van der Waals surface area contributed by atoms with E-state index < -0.39 is 5.91 Å². The molecule has 174 valence electrons. The molecule has 3 heterocycles. The molecule has 0 fully saturated rings. The average Bonchev–Trinajstić information content (AvgIpc) is 3.28. The molecule has 0 saturated carbocycles. The molecular formula is C22H29N9O2. The molecule has 3 aromatic rings. The standard InChI is InChI=1S/C19H21N9O2.C3H8/c1-11(12-3-4-15(23-5-12)13-6-24-19(21)25-7-13)17(20)27-18(30)14-8-26-28(9-14)10-16(29)22-2;1-3-2/h3-9,11H,10H2,1-2H3,(H,22,29)(H2,20,27,30)(H2,21,24,25);3H2,1-2H3. The van der Waals surface area contributed by atoms with Gasteiger partial charge in [0.15, 0.2) is 0 Å². The first-order valence-electron chi connectivity index (χ1n) is 10.4. The number of carbonyl (C=O) groups excluding carboxylic acids is 2. The SMILES string of the molecule is CCC.CNC(=O)Cn1cc(C(=O)N=C(N)C(C)c2ccc(-c3cnc(N)nc3)nc2)cn1. The molecule has 0 aliphatic rings. The van der Waals surface area contributed by atoms with Crippen molar-refractivity contribution < 1.29 is 9.59 Å². The van der Waals surface area contributed by atoms with Crippen LogP contribution in [0.1, 0.15) is 49.0 Å². The van der Waals surface area contributed by atoms with Gasteiger partial charge in [0.1, 0.15) is 12.4 Å². The average molecular weight is 452 g/mol. The molecule has 33 heavy (non-hydrogen) atoms. The maximum atomic E-state index is 12.4. The van der Waals surface area contributed by atoms with Crippen molar-refractivity contribution in [3.8, 4) is 11.3 Å². The summed E-state index contributed by atoms with van der Waals surface area (Å²) in [6, 6.07) is 3.65. The number of hydrogen-bond acceptors (Lipinski definition) is 7. The monoisotopic (exact) mass is 451 g/mol. The molecule has 0 bridgehead atoms. The Morgan fingerprint density at radius 1 is 1.12 bits per heavy atom. The van der Waals surface area contributed by atoms with Crippen molar-refractivity contribution in [1.82, 2.24) is 30.0 Å². The Kier molecular flexibility index (Phi) is 9.16. The van der Waals surface area contributed by atoms with Crippen molar-refractivity contribution >= 4 is 23.6 Å². The number of hydrogen-bond donors (Lipinski definition) is 3. The molecule has 11 heteroatoms. The molecule has 0 radical (unpaired) electrons. The number of nitrogens with one attached hydrogen (secondary N) is 1. The number of pyridine rings is 1. The van der Waals surface area contributed by atoms with Gasteiger partial charge in [-0.15, -0.1) is 0 Å². The third kappa shape index (κ3) is 7.20. The number of nitrogen functional groups attached to an aromatic ring is 1. The summed E-state index contributed by atoms with van der Waals surface area (Å²) < 4.78 is 1.35. The Balaban J connectivity index is 0.00000122. The number of amides is 2. The number of rotatable bonds is 6. The third-order valence-electron chi connectivity index (χ3n) is 4.39. The first-order chi connectivity index (χ1) is 15.8. The number of anilines is 1. The third-order valence-corrected chi connectivity index (χ3v) is 4.39. The lowest BCUT2D eigenvalue weighted by molar-refractivity contribution is -0.121. The first kappa shape index (κ1) is 25.1. The molecule has 1 unspecified atom stereocenters. The van der Waals surface area contributed by atoms with Crippen LogP contribution in [-0.4, -0.2) is 49.4 Å². The smallest absolute Gasteiger partial charge is 0.281 e. The first-order valence-corrected chi connectivity index (χ1v) is 10.4. The maximum absolute atomic E-state index is 12.4. The summed E-state index contributed by atoms with van der Waals surface area (Å²) in [5.74, 6) is -0.762. The number of amidine groups is 1. The van der Waals surface area contributed by atoms with Crippen molar-refractivity contribution in [2.24, 2.45) is 10.7 Å².